The molecule has 0 fully saturated rings. The molecule has 0 saturated carbocycles. The molecule has 1 amide bonds. The first-order chi connectivity index (χ1) is 7.13. The Labute approximate surface area is 88.6 Å². The van der Waals surface area contributed by atoms with E-state index in [1.54, 1.807) is 19.1 Å². The van der Waals surface area contributed by atoms with Crippen molar-refractivity contribution in [1.82, 2.24) is 4.98 Å². The highest BCUT2D eigenvalue weighted by Gasteiger charge is 2.07. The van der Waals surface area contributed by atoms with Crippen molar-refractivity contribution in [3.63, 3.8) is 0 Å². The lowest BCUT2D eigenvalue weighted by atomic mass is 10.3. The third kappa shape index (κ3) is 3.55. The van der Waals surface area contributed by atoms with Gasteiger partial charge in [-0.05, 0) is 19.9 Å². The molecule has 0 aromatic carbocycles. The van der Waals surface area contributed by atoms with Crippen LogP contribution in [0.3, 0.4) is 0 Å². The summed E-state index contributed by atoms with van der Waals surface area (Å²) in [6.07, 6.45) is 1.53. The number of nitrogens with one attached hydrogen (secondary N) is 1. The molecule has 3 N–H and O–H groups in total. The van der Waals surface area contributed by atoms with E-state index in [-0.39, 0.29) is 5.91 Å². The molecule has 0 aliphatic heterocycles. The van der Waals surface area contributed by atoms with Gasteiger partial charge < -0.3 is 15.8 Å². The van der Waals surface area contributed by atoms with Gasteiger partial charge in [0.15, 0.2) is 0 Å². The van der Waals surface area contributed by atoms with E-state index in [1.807, 2.05) is 6.92 Å². The highest BCUT2D eigenvalue weighted by atomic mass is 16.5. The van der Waals surface area contributed by atoms with Gasteiger partial charge >= 0.3 is 0 Å². The highest BCUT2D eigenvalue weighted by Crippen LogP contribution is 2.11. The summed E-state index contributed by atoms with van der Waals surface area (Å²) in [6.45, 7) is 4.07. The summed E-state index contributed by atoms with van der Waals surface area (Å²) in [5.41, 5.74) is 6.02. The Morgan fingerprint density at radius 1 is 1.67 bits per heavy atom. The Morgan fingerprint density at radius 3 is 2.87 bits per heavy atom. The van der Waals surface area contributed by atoms with Gasteiger partial charge in [0.1, 0.15) is 0 Å². The fourth-order valence-corrected chi connectivity index (χ4v) is 0.944. The van der Waals surface area contributed by atoms with Crippen LogP contribution in [0.15, 0.2) is 18.3 Å². The van der Waals surface area contributed by atoms with E-state index in [9.17, 15) is 4.79 Å². The summed E-state index contributed by atoms with van der Waals surface area (Å²) in [7, 11) is 0. The first kappa shape index (κ1) is 11.5. The van der Waals surface area contributed by atoms with Gasteiger partial charge in [-0.3, -0.25) is 4.79 Å². The number of aromatic nitrogens is 1. The molecule has 0 unspecified atom stereocenters. The van der Waals surface area contributed by atoms with E-state index in [0.717, 1.165) is 0 Å². The Kier molecular flexibility index (Phi) is 4.05. The summed E-state index contributed by atoms with van der Waals surface area (Å²) in [6, 6.07) is 2.88. The number of pyridine rings is 1. The van der Waals surface area contributed by atoms with Crippen molar-refractivity contribution >= 4 is 11.6 Å². The number of carbonyl (C=O) groups excluding carboxylic acids is 1. The predicted octanol–water partition coefficient (Wildman–Crippen LogP) is 0.766. The normalized spacial score (nSPS) is 11.9. The number of amides is 1. The molecule has 15 heavy (non-hydrogen) atoms. The van der Waals surface area contributed by atoms with Crippen molar-refractivity contribution in [2.24, 2.45) is 5.73 Å². The molecule has 0 saturated heterocycles. The second kappa shape index (κ2) is 5.31. The number of hydrogen-bond acceptors (Lipinski definition) is 4. The van der Waals surface area contributed by atoms with E-state index >= 15 is 0 Å². The summed E-state index contributed by atoms with van der Waals surface area (Å²) in [5, 5.41) is 2.63. The molecule has 0 bridgehead atoms. The maximum Gasteiger partial charge on any atom is 0.241 e. The van der Waals surface area contributed by atoms with E-state index in [2.05, 4.69) is 10.3 Å². The fourth-order valence-electron chi connectivity index (χ4n) is 0.944. The SMILES string of the molecule is CCOc1ccc(NC(=O)[C@@H](C)N)cn1. The van der Waals surface area contributed by atoms with Crippen molar-refractivity contribution in [3.8, 4) is 5.88 Å². The molecule has 1 heterocycles. The molecule has 1 atom stereocenters. The van der Waals surface area contributed by atoms with Gasteiger partial charge in [0.05, 0.1) is 24.5 Å². The maximum atomic E-state index is 11.2. The second-order valence-electron chi connectivity index (χ2n) is 3.10. The molecule has 1 rings (SSSR count). The molecular formula is C10H15N3O2. The van der Waals surface area contributed by atoms with Crippen LogP contribution in [0, 0.1) is 0 Å². The molecule has 0 radical (unpaired) electrons. The third-order valence-corrected chi connectivity index (χ3v) is 1.71. The fraction of sp³-hybridized carbons (Fsp3) is 0.400. The monoisotopic (exact) mass is 209 g/mol. The highest BCUT2D eigenvalue weighted by molar-refractivity contribution is 5.94. The van der Waals surface area contributed by atoms with Crippen molar-refractivity contribution in [1.29, 1.82) is 0 Å². The van der Waals surface area contributed by atoms with Gasteiger partial charge in [-0.1, -0.05) is 0 Å². The zero-order valence-electron chi connectivity index (χ0n) is 8.86. The summed E-state index contributed by atoms with van der Waals surface area (Å²) in [4.78, 5) is 15.2. The Bertz CT molecular complexity index is 322. The lowest BCUT2D eigenvalue weighted by Gasteiger charge is -2.07. The zero-order chi connectivity index (χ0) is 11.3. The Morgan fingerprint density at radius 2 is 2.40 bits per heavy atom. The van der Waals surface area contributed by atoms with Crippen molar-refractivity contribution in [2.75, 3.05) is 11.9 Å². The number of nitrogens with two attached hydrogens (primary N) is 1. The van der Waals surface area contributed by atoms with E-state index in [4.69, 9.17) is 10.5 Å². The van der Waals surface area contributed by atoms with Gasteiger partial charge in [0.2, 0.25) is 11.8 Å². The van der Waals surface area contributed by atoms with E-state index < -0.39 is 6.04 Å². The largest absolute Gasteiger partial charge is 0.478 e. The van der Waals surface area contributed by atoms with Crippen LogP contribution in [-0.2, 0) is 4.79 Å². The van der Waals surface area contributed by atoms with Gasteiger partial charge in [0.25, 0.3) is 0 Å². The number of carbonyl (C=O) groups is 1. The average molecular weight is 209 g/mol. The minimum atomic E-state index is -0.531. The van der Waals surface area contributed by atoms with Crippen molar-refractivity contribution < 1.29 is 9.53 Å². The minimum absolute atomic E-state index is 0.235. The van der Waals surface area contributed by atoms with Crippen LogP contribution in [0.2, 0.25) is 0 Å². The maximum absolute atomic E-state index is 11.2. The number of rotatable bonds is 4. The molecule has 1 aromatic heterocycles. The lowest BCUT2D eigenvalue weighted by Crippen LogP contribution is -2.32. The van der Waals surface area contributed by atoms with Crippen LogP contribution in [-0.4, -0.2) is 23.5 Å². The molecule has 5 heteroatoms. The Balaban J connectivity index is 2.60. The zero-order valence-corrected chi connectivity index (χ0v) is 8.86. The molecule has 0 aliphatic rings. The van der Waals surface area contributed by atoms with Crippen molar-refractivity contribution in [3.05, 3.63) is 18.3 Å². The molecule has 0 aliphatic carbocycles. The van der Waals surface area contributed by atoms with Gasteiger partial charge in [-0.25, -0.2) is 4.98 Å². The van der Waals surface area contributed by atoms with E-state index in [1.165, 1.54) is 6.20 Å². The molecule has 1 aromatic rings. The quantitative estimate of drug-likeness (QED) is 0.767. The predicted molar refractivity (Wildman–Crippen MR) is 57.7 cm³/mol. The first-order valence-electron chi connectivity index (χ1n) is 4.78. The Hall–Kier alpha value is -1.62. The smallest absolute Gasteiger partial charge is 0.241 e. The molecule has 5 nitrogen and oxygen atoms in total. The van der Waals surface area contributed by atoms with Gasteiger partial charge in [0, 0.05) is 6.07 Å². The summed E-state index contributed by atoms with van der Waals surface area (Å²) < 4.78 is 5.16. The average Bonchev–Trinajstić information content (AvgIpc) is 2.21. The molecule has 82 valence electrons. The van der Waals surface area contributed by atoms with Crippen LogP contribution in [0.1, 0.15) is 13.8 Å². The molecule has 0 spiro atoms. The third-order valence-electron chi connectivity index (χ3n) is 1.71. The number of nitrogens with zero attached hydrogens (tertiary/aromatic N) is 1. The number of hydrogen-bond donors (Lipinski definition) is 2. The number of anilines is 1. The van der Waals surface area contributed by atoms with E-state index in [0.29, 0.717) is 18.2 Å². The van der Waals surface area contributed by atoms with Crippen LogP contribution < -0.4 is 15.8 Å². The van der Waals surface area contributed by atoms with Crippen molar-refractivity contribution in [2.45, 2.75) is 19.9 Å². The topological polar surface area (TPSA) is 77.2 Å². The molecular weight excluding hydrogens is 194 g/mol. The van der Waals surface area contributed by atoms with Crippen LogP contribution >= 0.6 is 0 Å². The lowest BCUT2D eigenvalue weighted by molar-refractivity contribution is -0.117. The van der Waals surface area contributed by atoms with Crippen LogP contribution in [0.5, 0.6) is 5.88 Å². The second-order valence-corrected chi connectivity index (χ2v) is 3.10. The first-order valence-corrected chi connectivity index (χ1v) is 4.78. The minimum Gasteiger partial charge on any atom is -0.478 e. The summed E-state index contributed by atoms with van der Waals surface area (Å²) in [5.74, 6) is 0.303. The number of ether oxygens (including phenoxy) is 1. The van der Waals surface area contributed by atoms with Crippen LogP contribution in [0.4, 0.5) is 5.69 Å². The standard InChI is InChI=1S/C10H15N3O2/c1-3-15-9-5-4-8(6-12-9)13-10(14)7(2)11/h4-7H,3,11H2,1-2H3,(H,13,14)/t7-/m1/s1. The van der Waals surface area contributed by atoms with Gasteiger partial charge in [-0.2, -0.15) is 0 Å². The van der Waals surface area contributed by atoms with Gasteiger partial charge in [-0.15, -0.1) is 0 Å². The van der Waals surface area contributed by atoms with Crippen LogP contribution in [0.25, 0.3) is 0 Å². The summed E-state index contributed by atoms with van der Waals surface area (Å²) >= 11 is 0.